The molecule has 10 aliphatic rings. The van der Waals surface area contributed by atoms with E-state index in [4.69, 9.17) is 37.9 Å². The van der Waals surface area contributed by atoms with Crippen LogP contribution in [0.15, 0.2) is 193 Å². The number of allylic oxidation sites excluding steroid dienone is 26. The minimum absolute atomic E-state index is 0.0329. The summed E-state index contributed by atoms with van der Waals surface area (Å²) in [4.78, 5) is 117. The van der Waals surface area contributed by atoms with E-state index >= 15 is 0 Å². The van der Waals surface area contributed by atoms with E-state index in [0.717, 1.165) is 89.0 Å². The number of carbonyl (C=O) groups is 8. The third kappa shape index (κ3) is 25.1. The van der Waals surface area contributed by atoms with Crippen LogP contribution in [0, 0.1) is 115 Å². The Kier molecular flexibility index (Phi) is 41.1. The average molecular weight is 1920 g/mol. The van der Waals surface area contributed by atoms with Crippen LogP contribution in [0.1, 0.15) is 252 Å². The SMILES string of the molecule is CC/C=C\C/C=C\C/C=C\C/C=C\C/C=C\C/C=C\CCCOC(=O)O[C@@H]1C(=O)C=C(C)[C@@H]2C[C@H]3OC(=O)C(OC(=O)CC(O)(C(C)C)C(C)C)C4[C@@H](C)[C@@H](O)[C@@]5(O)OC[C@@]43C5[C@@]12C.CC/C=C\C/C=C\C/C=C\C/C=C\C/C=C\C/C=C\CCCOC(=O)Oc1ccc([N+](=O)[O-])cc1.CC1=CC(=O)[C@@H](O)[C@]2(C)C3[C@]45CO[C@]3(O)[C@H](O)[C@H](C)C4C(CC(=O)CC(O)(C(C)C)C(C)C)C(=O)C[C@@H]5C[C@@H]12. The highest BCUT2D eigenvalue weighted by Crippen LogP contribution is 2.78. The van der Waals surface area contributed by atoms with Crippen molar-refractivity contribution in [1.82, 2.24) is 0 Å². The van der Waals surface area contributed by atoms with Gasteiger partial charge in [-0.15, -0.1) is 0 Å². The lowest BCUT2D eigenvalue weighted by atomic mass is 9.34. The molecule has 4 bridgehead atoms. The highest BCUT2D eigenvalue weighted by molar-refractivity contribution is 5.98. The molecule has 3 heterocycles. The summed E-state index contributed by atoms with van der Waals surface area (Å²) in [7, 11) is 0. The molecule has 0 radical (unpaired) electrons. The summed E-state index contributed by atoms with van der Waals surface area (Å²) in [6.45, 7) is 29.9. The first kappa shape index (κ1) is 112. The number of fused-ring (bicyclic) bond motifs is 2. The number of hydrogen-bond donors (Lipinski definition) is 7. The van der Waals surface area contributed by atoms with Crippen molar-refractivity contribution in [1.29, 1.82) is 0 Å². The minimum Gasteiger partial charge on any atom is -0.459 e. The van der Waals surface area contributed by atoms with Crippen LogP contribution in [0.4, 0.5) is 15.3 Å². The minimum atomic E-state index is -2.24. The molecule has 760 valence electrons. The monoisotopic (exact) mass is 1920 g/mol. The normalized spacial score (nSPS) is 32.2. The Bertz CT molecular complexity index is 4760. The number of aliphatic hydroxyl groups is 7. The van der Waals surface area contributed by atoms with E-state index < -0.39 is 169 Å². The molecule has 2 spiro atoms. The molecule has 6 unspecified atom stereocenters. The molecule has 3 saturated heterocycles. The maximum Gasteiger partial charge on any atom is 0.513 e. The van der Waals surface area contributed by atoms with Crippen molar-refractivity contribution in [2.24, 2.45) is 105 Å². The summed E-state index contributed by atoms with van der Waals surface area (Å²) in [5.41, 5.74) is -5.77. The number of esters is 2. The zero-order chi connectivity index (χ0) is 101. The largest absolute Gasteiger partial charge is 0.513 e. The van der Waals surface area contributed by atoms with Gasteiger partial charge in [-0.3, -0.25) is 34.1 Å². The number of non-ortho nitro benzene ring substituents is 1. The first-order chi connectivity index (χ1) is 65.5. The number of rotatable bonds is 44. The van der Waals surface area contributed by atoms with Gasteiger partial charge in [-0.05, 0) is 213 Å². The second kappa shape index (κ2) is 50.4. The van der Waals surface area contributed by atoms with Crippen molar-refractivity contribution in [3.8, 4) is 5.75 Å². The van der Waals surface area contributed by atoms with Gasteiger partial charge in [0.05, 0.1) is 49.0 Å². The summed E-state index contributed by atoms with van der Waals surface area (Å²) in [5.74, 6) is -14.1. The molecule has 0 amide bonds. The Morgan fingerprint density at radius 2 is 0.928 bits per heavy atom. The lowest BCUT2D eigenvalue weighted by molar-refractivity contribution is -0.384. The number of ketones is 4. The smallest absolute Gasteiger partial charge is 0.459 e. The van der Waals surface area contributed by atoms with E-state index in [1.54, 1.807) is 55.4 Å². The second-order valence-electron chi connectivity index (χ2n) is 41.3. The van der Waals surface area contributed by atoms with Gasteiger partial charge in [0.25, 0.3) is 5.69 Å². The molecule has 3 aliphatic heterocycles. The first-order valence-corrected chi connectivity index (χ1v) is 50.3. The van der Waals surface area contributed by atoms with Gasteiger partial charge in [0, 0.05) is 76.7 Å². The Hall–Kier alpha value is -9.22. The van der Waals surface area contributed by atoms with Gasteiger partial charge in [-0.25, -0.2) is 14.4 Å². The molecule has 7 aliphatic carbocycles. The molecular formula is C112H157NO25. The van der Waals surface area contributed by atoms with Gasteiger partial charge < -0.3 is 73.6 Å². The first-order valence-electron chi connectivity index (χ1n) is 50.3. The van der Waals surface area contributed by atoms with Crippen LogP contribution in [0.25, 0.3) is 0 Å². The zero-order valence-electron chi connectivity index (χ0n) is 84.2. The molecule has 8 fully saturated rings. The average Bonchev–Trinajstić information content (AvgIpc) is 1.44. The zero-order valence-corrected chi connectivity index (χ0v) is 84.2. The van der Waals surface area contributed by atoms with E-state index in [2.05, 4.69) is 154 Å². The van der Waals surface area contributed by atoms with E-state index in [1.807, 2.05) is 47.6 Å². The molecule has 0 aromatic heterocycles. The highest BCUT2D eigenvalue weighted by atomic mass is 16.7. The van der Waals surface area contributed by atoms with Gasteiger partial charge >= 0.3 is 24.2 Å². The third-order valence-corrected chi connectivity index (χ3v) is 31.7. The van der Waals surface area contributed by atoms with Crippen LogP contribution in [0.2, 0.25) is 0 Å². The molecule has 26 nitrogen and oxygen atoms in total. The van der Waals surface area contributed by atoms with E-state index in [-0.39, 0.29) is 117 Å². The fraction of sp³-hybridized carbons (Fsp3) is 0.625. The van der Waals surface area contributed by atoms with Crippen LogP contribution >= 0.6 is 0 Å². The van der Waals surface area contributed by atoms with Crippen LogP contribution in [-0.2, 0) is 61.9 Å². The fourth-order valence-electron chi connectivity index (χ4n) is 24.6. The summed E-state index contributed by atoms with van der Waals surface area (Å²) < 4.78 is 45.7. The number of hydrogen-bond acceptors (Lipinski definition) is 25. The summed E-state index contributed by atoms with van der Waals surface area (Å²) in [5, 5.41) is 92.7. The van der Waals surface area contributed by atoms with Crippen molar-refractivity contribution in [2.45, 2.75) is 311 Å². The molecule has 26 heteroatoms. The Morgan fingerprint density at radius 3 is 1.37 bits per heavy atom. The molecule has 1 aromatic carbocycles. The number of nitro benzene ring substituents is 1. The Labute approximate surface area is 817 Å². The highest BCUT2D eigenvalue weighted by Gasteiger charge is 2.85. The van der Waals surface area contributed by atoms with Gasteiger partial charge in [-0.1, -0.05) is 254 Å². The quantitative estimate of drug-likeness (QED) is 0.00607. The van der Waals surface area contributed by atoms with Crippen molar-refractivity contribution < 1.29 is 117 Å². The lowest BCUT2D eigenvalue weighted by Crippen LogP contribution is -2.78. The summed E-state index contributed by atoms with van der Waals surface area (Å²) >= 11 is 0. The van der Waals surface area contributed by atoms with E-state index in [9.17, 15) is 84.2 Å². The standard InChI is InChI=1S/C52H74O12.C31H46O8.C29H37NO5/c1-9-10-11-12-13-14-15-16-17-18-19-20-21-22-23-24-25-26-27-28-29-60-48(57)64-45-39(53)30-36(6)38-31-40-50-33-61-52(59,47(50)49(38,45)8)44(55)37(7)42(50)43(46(56)62-40)63-41(54)32-51(58,34(2)3)35(4)5;1-14(2)30(37,15(3)4)12-19(32)11-20-22(33)10-18-9-21-16(5)8-23(34)26(36)28(21,7)27-29(18)13-39-31(27,38)25(35)17(6)24(20)29;1-2-3-4-5-6-7-8-9-10-11-12-13-14-15-16-17-18-19-20-21-26-34-29(31)35-28-24-22-27(23-25-28)30(32)33/h10-11,13-14,16-17,19-20,22-23,25-26,30,34-35,37-38,40,42-45,47,55,58-59H,9,12,15,18,21,24,27-29,31-33H2,1-8H3;8,14-15,17-18,20-21,24-27,35-38H,9-13H2,1-7H3;3-4,6-7,9-10,12-13,15-16,18-19,22-25H,2,5,8,11,14,17,20-21,26H2,1H3/b11-10-,14-13-,17-16-,20-19-,23-22-,26-25-;;4-3-,7-6-,10-9-,13-12-,16-15-,19-18-/t37-,38+,40-,42?,43?,44-,45-,47?,49-,50+,52-;17-,18+,20?,21+,24?,25-,26-,27?,28-,29+,31-;/m11./s1. The number of nitrogens with zero attached hydrogens (tertiary/aromatic N) is 1. The number of aliphatic hydroxyl groups excluding tert-OH is 3. The summed E-state index contributed by atoms with van der Waals surface area (Å²) in [6, 6.07) is 5.25. The molecular weight excluding hydrogens is 1760 g/mol. The van der Waals surface area contributed by atoms with Crippen LogP contribution in [0.3, 0.4) is 0 Å². The number of carbonyl (C=O) groups excluding carboxylic acids is 8. The topological polar surface area (TPSA) is 395 Å². The predicted octanol–water partition coefficient (Wildman–Crippen LogP) is 19.8. The third-order valence-electron chi connectivity index (χ3n) is 31.7. The van der Waals surface area contributed by atoms with Crippen LogP contribution < -0.4 is 4.74 Å². The van der Waals surface area contributed by atoms with Crippen molar-refractivity contribution in [3.05, 3.63) is 204 Å². The summed E-state index contributed by atoms with van der Waals surface area (Å²) in [6.07, 6.45) is 59.1. The number of benzene rings is 1. The van der Waals surface area contributed by atoms with Crippen molar-refractivity contribution >= 4 is 53.1 Å². The van der Waals surface area contributed by atoms with E-state index in [0.29, 0.717) is 31.3 Å². The number of nitro groups is 1. The molecule has 7 N–H and O–H groups in total. The Balaban J connectivity index is 0.000000247. The number of ether oxygens (including phenoxy) is 8. The molecule has 22 atom stereocenters. The maximum absolute atomic E-state index is 14.0. The van der Waals surface area contributed by atoms with Crippen molar-refractivity contribution in [2.75, 3.05) is 26.4 Å². The number of Topliss-reactive ketones (excluding diaryl/α,β-unsaturated/α-hetero) is 2. The van der Waals surface area contributed by atoms with E-state index in [1.165, 1.54) is 36.4 Å². The van der Waals surface area contributed by atoms with Gasteiger partial charge in [-0.2, -0.15) is 0 Å². The number of unbranched alkanes of at least 4 members (excludes halogenated alkanes) is 2. The molecule has 1 aromatic rings. The van der Waals surface area contributed by atoms with Gasteiger partial charge in [0.2, 0.25) is 6.10 Å². The van der Waals surface area contributed by atoms with Gasteiger partial charge in [0.15, 0.2) is 29.2 Å². The predicted molar refractivity (Wildman–Crippen MR) is 528 cm³/mol. The van der Waals surface area contributed by atoms with Crippen molar-refractivity contribution in [3.63, 3.8) is 0 Å². The molecule has 5 saturated carbocycles. The van der Waals surface area contributed by atoms with Crippen LogP contribution in [-0.4, -0.2) is 174 Å². The Morgan fingerprint density at radius 1 is 0.529 bits per heavy atom. The van der Waals surface area contributed by atoms with Crippen LogP contribution in [0.5, 0.6) is 5.75 Å². The lowest BCUT2D eigenvalue weighted by Gasteiger charge is -2.69. The van der Waals surface area contributed by atoms with Gasteiger partial charge in [0.1, 0.15) is 41.7 Å². The maximum atomic E-state index is 14.0. The molecule has 138 heavy (non-hydrogen) atoms. The second-order valence-corrected chi connectivity index (χ2v) is 41.3. The molecule has 11 rings (SSSR count). The fourth-order valence-corrected chi connectivity index (χ4v) is 24.6.